The molecule has 1 unspecified atom stereocenters. The van der Waals surface area contributed by atoms with E-state index in [1.54, 1.807) is 0 Å². The average Bonchev–Trinajstić information content (AvgIpc) is 2.41. The fourth-order valence-corrected chi connectivity index (χ4v) is 2.33. The van der Waals surface area contributed by atoms with Gasteiger partial charge < -0.3 is 15.0 Å². The Bertz CT molecular complexity index is 424. The van der Waals surface area contributed by atoms with Crippen molar-refractivity contribution in [3.8, 4) is 5.75 Å². The molecular formula is C16H25ClN2O2. The first-order chi connectivity index (χ1) is 9.68. The summed E-state index contributed by atoms with van der Waals surface area (Å²) < 4.78 is 5.63. The molecule has 1 fully saturated rings. The summed E-state index contributed by atoms with van der Waals surface area (Å²) in [6.07, 6.45) is 0.854. The summed E-state index contributed by atoms with van der Waals surface area (Å²) in [6.45, 7) is 5.36. The molecule has 1 aromatic carbocycles. The standard InChI is InChI=1S/C16H24N2O2.ClH/c1-13(14-11-17-12-14)16(19)18(2)9-6-10-20-15-7-4-3-5-8-15;/h3-5,7-8,13-14,17H,6,9-12H2,1-2H3;1H. The summed E-state index contributed by atoms with van der Waals surface area (Å²) in [4.78, 5) is 14.0. The van der Waals surface area contributed by atoms with E-state index in [0.29, 0.717) is 12.5 Å². The van der Waals surface area contributed by atoms with E-state index in [9.17, 15) is 4.79 Å². The molecule has 0 radical (unpaired) electrons. The Kier molecular flexibility index (Phi) is 7.54. The quantitative estimate of drug-likeness (QED) is 0.785. The number of ether oxygens (including phenoxy) is 1. The Morgan fingerprint density at radius 3 is 2.62 bits per heavy atom. The second-order valence-electron chi connectivity index (χ2n) is 5.48. The van der Waals surface area contributed by atoms with Crippen LogP contribution in [0.4, 0.5) is 0 Å². The van der Waals surface area contributed by atoms with Crippen LogP contribution in [0.1, 0.15) is 13.3 Å². The van der Waals surface area contributed by atoms with Gasteiger partial charge in [0.15, 0.2) is 0 Å². The summed E-state index contributed by atoms with van der Waals surface area (Å²) in [5, 5.41) is 3.22. The van der Waals surface area contributed by atoms with Crippen LogP contribution in [0, 0.1) is 11.8 Å². The number of nitrogens with zero attached hydrogens (tertiary/aromatic N) is 1. The number of carbonyl (C=O) groups excluding carboxylic acids is 1. The molecule has 1 N–H and O–H groups in total. The van der Waals surface area contributed by atoms with Gasteiger partial charge in [-0.15, -0.1) is 12.4 Å². The Morgan fingerprint density at radius 1 is 1.38 bits per heavy atom. The minimum absolute atomic E-state index is 0. The summed E-state index contributed by atoms with van der Waals surface area (Å²) >= 11 is 0. The highest BCUT2D eigenvalue weighted by Gasteiger charge is 2.30. The Morgan fingerprint density at radius 2 is 2.05 bits per heavy atom. The first kappa shape index (κ1) is 17.8. The van der Waals surface area contributed by atoms with Crippen molar-refractivity contribution < 1.29 is 9.53 Å². The number of carbonyl (C=O) groups is 1. The molecule has 0 saturated carbocycles. The predicted molar refractivity (Wildman–Crippen MR) is 87.0 cm³/mol. The van der Waals surface area contributed by atoms with Crippen molar-refractivity contribution in [1.82, 2.24) is 10.2 Å². The van der Waals surface area contributed by atoms with Crippen LogP contribution in [0.3, 0.4) is 0 Å². The number of hydrogen-bond acceptors (Lipinski definition) is 3. The number of benzene rings is 1. The smallest absolute Gasteiger partial charge is 0.225 e. The molecule has 0 bridgehead atoms. The second kappa shape index (κ2) is 8.90. The molecule has 4 nitrogen and oxygen atoms in total. The molecule has 1 aliphatic rings. The summed E-state index contributed by atoms with van der Waals surface area (Å²) in [5.74, 6) is 1.76. The van der Waals surface area contributed by atoms with Crippen LogP contribution in [-0.2, 0) is 4.79 Å². The molecular weight excluding hydrogens is 288 g/mol. The van der Waals surface area contributed by atoms with Gasteiger partial charge >= 0.3 is 0 Å². The highest BCUT2D eigenvalue weighted by Crippen LogP contribution is 2.18. The molecule has 2 rings (SSSR count). The Labute approximate surface area is 133 Å². The van der Waals surface area contributed by atoms with Gasteiger partial charge in [0.1, 0.15) is 5.75 Å². The normalized spacial score (nSPS) is 15.5. The van der Waals surface area contributed by atoms with Gasteiger partial charge in [-0.3, -0.25) is 4.79 Å². The Balaban J connectivity index is 0.00000220. The number of amides is 1. The van der Waals surface area contributed by atoms with Crippen molar-refractivity contribution in [2.45, 2.75) is 13.3 Å². The topological polar surface area (TPSA) is 41.6 Å². The molecule has 1 amide bonds. The maximum atomic E-state index is 12.2. The third kappa shape index (κ3) is 5.21. The zero-order chi connectivity index (χ0) is 14.4. The van der Waals surface area contributed by atoms with Crippen molar-refractivity contribution >= 4 is 18.3 Å². The molecule has 5 heteroatoms. The lowest BCUT2D eigenvalue weighted by Gasteiger charge is -2.34. The third-order valence-electron chi connectivity index (χ3n) is 3.94. The highest BCUT2D eigenvalue weighted by atomic mass is 35.5. The van der Waals surface area contributed by atoms with E-state index >= 15 is 0 Å². The summed E-state index contributed by atoms with van der Waals surface area (Å²) in [5.41, 5.74) is 0. The van der Waals surface area contributed by atoms with Crippen molar-refractivity contribution in [3.63, 3.8) is 0 Å². The largest absolute Gasteiger partial charge is 0.494 e. The molecule has 0 aliphatic carbocycles. The third-order valence-corrected chi connectivity index (χ3v) is 3.94. The molecule has 1 atom stereocenters. The molecule has 21 heavy (non-hydrogen) atoms. The summed E-state index contributed by atoms with van der Waals surface area (Å²) in [7, 11) is 1.88. The van der Waals surface area contributed by atoms with E-state index in [2.05, 4.69) is 5.32 Å². The molecule has 1 saturated heterocycles. The minimum Gasteiger partial charge on any atom is -0.494 e. The van der Waals surface area contributed by atoms with Gasteiger partial charge in [-0.05, 0) is 37.6 Å². The fourth-order valence-electron chi connectivity index (χ4n) is 2.33. The zero-order valence-electron chi connectivity index (χ0n) is 12.7. The van der Waals surface area contributed by atoms with Crippen molar-refractivity contribution in [1.29, 1.82) is 0 Å². The first-order valence-corrected chi connectivity index (χ1v) is 7.32. The molecule has 1 heterocycles. The number of hydrogen-bond donors (Lipinski definition) is 1. The minimum atomic E-state index is 0. The number of rotatable bonds is 7. The van der Waals surface area contributed by atoms with E-state index in [-0.39, 0.29) is 24.2 Å². The van der Waals surface area contributed by atoms with Crippen molar-refractivity contribution in [2.24, 2.45) is 11.8 Å². The first-order valence-electron chi connectivity index (χ1n) is 7.32. The van der Waals surface area contributed by atoms with Gasteiger partial charge in [0.25, 0.3) is 0 Å². The highest BCUT2D eigenvalue weighted by molar-refractivity contribution is 5.85. The average molecular weight is 313 g/mol. The van der Waals surface area contributed by atoms with E-state index in [1.807, 2.05) is 49.2 Å². The van der Waals surface area contributed by atoms with Crippen molar-refractivity contribution in [3.05, 3.63) is 30.3 Å². The number of nitrogens with one attached hydrogen (secondary N) is 1. The van der Waals surface area contributed by atoms with Crippen LogP contribution in [0.5, 0.6) is 5.75 Å². The van der Waals surface area contributed by atoms with Crippen LogP contribution in [-0.4, -0.2) is 44.1 Å². The van der Waals surface area contributed by atoms with Gasteiger partial charge in [-0.2, -0.15) is 0 Å². The zero-order valence-corrected chi connectivity index (χ0v) is 13.6. The van der Waals surface area contributed by atoms with Gasteiger partial charge in [-0.25, -0.2) is 0 Å². The SMILES string of the molecule is CC(C(=O)N(C)CCCOc1ccccc1)C1CNC1.Cl. The van der Waals surface area contributed by atoms with Gasteiger partial charge in [0.2, 0.25) is 5.91 Å². The number of para-hydroxylation sites is 1. The number of halogens is 1. The molecule has 118 valence electrons. The summed E-state index contributed by atoms with van der Waals surface area (Å²) in [6, 6.07) is 9.77. The van der Waals surface area contributed by atoms with Gasteiger partial charge in [-0.1, -0.05) is 25.1 Å². The lowest BCUT2D eigenvalue weighted by Crippen LogP contribution is -2.50. The fraction of sp³-hybridized carbons (Fsp3) is 0.562. The molecule has 1 aromatic rings. The van der Waals surface area contributed by atoms with Gasteiger partial charge in [0, 0.05) is 19.5 Å². The van der Waals surface area contributed by atoms with Gasteiger partial charge in [0.05, 0.1) is 6.61 Å². The van der Waals surface area contributed by atoms with E-state index in [0.717, 1.165) is 31.8 Å². The molecule has 1 aliphatic heterocycles. The predicted octanol–water partition coefficient (Wildman–Crippen LogP) is 2.19. The molecule has 0 aromatic heterocycles. The van der Waals surface area contributed by atoms with E-state index in [4.69, 9.17) is 4.74 Å². The monoisotopic (exact) mass is 312 g/mol. The second-order valence-corrected chi connectivity index (χ2v) is 5.48. The van der Waals surface area contributed by atoms with E-state index in [1.165, 1.54) is 0 Å². The van der Waals surface area contributed by atoms with E-state index < -0.39 is 0 Å². The van der Waals surface area contributed by atoms with Crippen molar-refractivity contribution in [2.75, 3.05) is 33.3 Å². The lowest BCUT2D eigenvalue weighted by atomic mass is 9.88. The van der Waals surface area contributed by atoms with Crippen LogP contribution in [0.2, 0.25) is 0 Å². The maximum Gasteiger partial charge on any atom is 0.225 e. The van der Waals surface area contributed by atoms with Crippen LogP contribution >= 0.6 is 12.4 Å². The molecule has 0 spiro atoms. The van der Waals surface area contributed by atoms with Crippen LogP contribution in [0.15, 0.2) is 30.3 Å². The lowest BCUT2D eigenvalue weighted by molar-refractivity contribution is -0.136. The van der Waals surface area contributed by atoms with Crippen LogP contribution < -0.4 is 10.1 Å². The maximum absolute atomic E-state index is 12.2. The van der Waals surface area contributed by atoms with Crippen LogP contribution in [0.25, 0.3) is 0 Å². The Hall–Kier alpha value is -1.26.